The number of benzene rings is 1. The van der Waals surface area contributed by atoms with E-state index in [4.69, 9.17) is 4.74 Å². The summed E-state index contributed by atoms with van der Waals surface area (Å²) in [5.74, 6) is 0.311. The molecule has 6 heteroatoms. The molecule has 2 rings (SSSR count). The van der Waals surface area contributed by atoms with E-state index >= 15 is 0 Å². The van der Waals surface area contributed by atoms with Gasteiger partial charge in [-0.25, -0.2) is 0 Å². The fraction of sp³-hybridized carbons (Fsp3) is 0.600. The van der Waals surface area contributed by atoms with Crippen LogP contribution in [-0.2, 0) is 4.79 Å². The monoisotopic (exact) mass is 361 g/mol. The minimum Gasteiger partial charge on any atom is -0.494 e. The molecule has 1 atom stereocenters. The number of hydrogen-bond acceptors (Lipinski definition) is 4. The van der Waals surface area contributed by atoms with Gasteiger partial charge < -0.3 is 20.3 Å². The van der Waals surface area contributed by atoms with Crippen LogP contribution in [0.2, 0.25) is 0 Å². The third-order valence-electron chi connectivity index (χ3n) is 4.72. The van der Waals surface area contributed by atoms with Crippen LogP contribution in [0.25, 0.3) is 0 Å². The van der Waals surface area contributed by atoms with Gasteiger partial charge in [0.05, 0.1) is 13.2 Å². The molecule has 0 unspecified atom stereocenters. The number of ether oxygens (including phenoxy) is 1. The second-order valence-corrected chi connectivity index (χ2v) is 6.72. The molecular weight excluding hydrogens is 330 g/mol. The van der Waals surface area contributed by atoms with E-state index in [1.807, 2.05) is 6.92 Å². The van der Waals surface area contributed by atoms with Crippen molar-refractivity contribution in [2.24, 2.45) is 0 Å². The van der Waals surface area contributed by atoms with E-state index in [0.29, 0.717) is 24.8 Å². The van der Waals surface area contributed by atoms with E-state index in [0.717, 1.165) is 25.3 Å². The van der Waals surface area contributed by atoms with Gasteiger partial charge in [0.25, 0.3) is 5.91 Å². The molecule has 26 heavy (non-hydrogen) atoms. The average Bonchev–Trinajstić information content (AvgIpc) is 2.65. The lowest BCUT2D eigenvalue weighted by Gasteiger charge is -2.33. The minimum atomic E-state index is -0.259. The number of carbonyl (C=O) groups excluding carboxylic acids is 2. The van der Waals surface area contributed by atoms with Crippen LogP contribution < -0.4 is 15.4 Å². The van der Waals surface area contributed by atoms with Gasteiger partial charge in [0.2, 0.25) is 5.91 Å². The van der Waals surface area contributed by atoms with Crippen LogP contribution in [0.5, 0.6) is 5.75 Å². The van der Waals surface area contributed by atoms with Gasteiger partial charge in [-0.2, -0.15) is 0 Å². The van der Waals surface area contributed by atoms with E-state index in [1.165, 1.54) is 19.3 Å². The van der Waals surface area contributed by atoms with E-state index in [1.54, 1.807) is 24.3 Å². The molecular formula is C20H31N3O3. The summed E-state index contributed by atoms with van der Waals surface area (Å²) in [5.41, 5.74) is 0.514. The number of rotatable bonds is 9. The van der Waals surface area contributed by atoms with Gasteiger partial charge in [-0.3, -0.25) is 9.59 Å². The molecule has 0 radical (unpaired) electrons. The zero-order valence-corrected chi connectivity index (χ0v) is 15.9. The Morgan fingerprint density at radius 1 is 1.19 bits per heavy atom. The Labute approximate surface area is 156 Å². The van der Waals surface area contributed by atoms with Crippen LogP contribution in [0.1, 0.15) is 49.9 Å². The standard InChI is InChI=1S/C20H31N3O3/c1-3-26-18-10-8-17(9-11-18)20(25)22-15-19(24)21-12-6-14-23-13-5-4-7-16(23)2/h8-11,16H,3-7,12-15H2,1-2H3,(H,21,24)(H,22,25)/t16-/m1/s1. The third-order valence-corrected chi connectivity index (χ3v) is 4.72. The van der Waals surface area contributed by atoms with Crippen molar-refractivity contribution >= 4 is 11.8 Å². The van der Waals surface area contributed by atoms with Crippen LogP contribution in [0, 0.1) is 0 Å². The average molecular weight is 361 g/mol. The summed E-state index contributed by atoms with van der Waals surface area (Å²) in [4.78, 5) is 26.4. The van der Waals surface area contributed by atoms with Gasteiger partial charge in [-0.05, 0) is 63.9 Å². The highest BCUT2D eigenvalue weighted by Gasteiger charge is 2.17. The maximum atomic E-state index is 12.1. The highest BCUT2D eigenvalue weighted by Crippen LogP contribution is 2.16. The molecule has 1 heterocycles. The Kier molecular flexibility index (Phi) is 8.41. The fourth-order valence-electron chi connectivity index (χ4n) is 3.19. The van der Waals surface area contributed by atoms with E-state index in [9.17, 15) is 9.59 Å². The SMILES string of the molecule is CCOc1ccc(C(=O)NCC(=O)NCCCN2CCCC[C@H]2C)cc1. The Morgan fingerprint density at radius 2 is 1.96 bits per heavy atom. The van der Waals surface area contributed by atoms with Crippen molar-refractivity contribution in [2.75, 3.05) is 32.8 Å². The van der Waals surface area contributed by atoms with Crippen LogP contribution in [0.3, 0.4) is 0 Å². The Hall–Kier alpha value is -2.08. The minimum absolute atomic E-state index is 0.00778. The molecule has 1 aliphatic heterocycles. The predicted molar refractivity (Wildman–Crippen MR) is 102 cm³/mol. The van der Waals surface area contributed by atoms with E-state index < -0.39 is 0 Å². The first-order chi connectivity index (χ1) is 12.6. The first-order valence-electron chi connectivity index (χ1n) is 9.62. The summed E-state index contributed by atoms with van der Waals surface area (Å²) in [7, 11) is 0. The van der Waals surface area contributed by atoms with E-state index in [2.05, 4.69) is 22.5 Å². The maximum Gasteiger partial charge on any atom is 0.251 e. The number of piperidine rings is 1. The first kappa shape index (κ1) is 20.2. The summed E-state index contributed by atoms with van der Waals surface area (Å²) >= 11 is 0. The van der Waals surface area contributed by atoms with Gasteiger partial charge in [0.15, 0.2) is 0 Å². The first-order valence-corrected chi connectivity index (χ1v) is 9.62. The van der Waals surface area contributed by atoms with Crippen LogP contribution in [-0.4, -0.2) is 55.5 Å². The molecule has 2 amide bonds. The van der Waals surface area contributed by atoms with Gasteiger partial charge in [0, 0.05) is 24.7 Å². The number of nitrogens with one attached hydrogen (secondary N) is 2. The highest BCUT2D eigenvalue weighted by molar-refractivity contribution is 5.96. The molecule has 1 saturated heterocycles. The van der Waals surface area contributed by atoms with Gasteiger partial charge in [-0.1, -0.05) is 6.42 Å². The van der Waals surface area contributed by atoms with Crippen molar-refractivity contribution in [3.8, 4) is 5.75 Å². The lowest BCUT2D eigenvalue weighted by Crippen LogP contribution is -2.40. The molecule has 1 aromatic carbocycles. The summed E-state index contributed by atoms with van der Waals surface area (Å²) in [6.45, 7) is 7.57. The summed E-state index contributed by atoms with van der Waals surface area (Å²) in [5, 5.41) is 5.51. The topological polar surface area (TPSA) is 70.7 Å². The van der Waals surface area contributed by atoms with Crippen molar-refractivity contribution in [1.82, 2.24) is 15.5 Å². The smallest absolute Gasteiger partial charge is 0.251 e. The molecule has 0 spiro atoms. The van der Waals surface area contributed by atoms with Gasteiger partial charge >= 0.3 is 0 Å². The van der Waals surface area contributed by atoms with Crippen LogP contribution in [0.4, 0.5) is 0 Å². The summed E-state index contributed by atoms with van der Waals surface area (Å²) in [6, 6.07) is 7.53. The van der Waals surface area contributed by atoms with Crippen molar-refractivity contribution in [3.63, 3.8) is 0 Å². The van der Waals surface area contributed by atoms with Crippen molar-refractivity contribution in [2.45, 2.75) is 45.6 Å². The molecule has 2 N–H and O–H groups in total. The maximum absolute atomic E-state index is 12.1. The number of nitrogens with zero attached hydrogens (tertiary/aromatic N) is 1. The van der Waals surface area contributed by atoms with Gasteiger partial charge in [0.1, 0.15) is 5.75 Å². The third kappa shape index (κ3) is 6.67. The number of hydrogen-bond donors (Lipinski definition) is 2. The molecule has 144 valence electrons. The van der Waals surface area contributed by atoms with Crippen molar-refractivity contribution in [1.29, 1.82) is 0 Å². The second-order valence-electron chi connectivity index (χ2n) is 6.72. The van der Waals surface area contributed by atoms with Crippen molar-refractivity contribution < 1.29 is 14.3 Å². The number of carbonyl (C=O) groups is 2. The lowest BCUT2D eigenvalue weighted by molar-refractivity contribution is -0.120. The van der Waals surface area contributed by atoms with E-state index in [-0.39, 0.29) is 18.4 Å². The normalized spacial score (nSPS) is 17.5. The lowest BCUT2D eigenvalue weighted by atomic mass is 10.0. The molecule has 0 bridgehead atoms. The molecule has 6 nitrogen and oxygen atoms in total. The molecule has 0 aromatic heterocycles. The number of amides is 2. The number of likely N-dealkylation sites (tertiary alicyclic amines) is 1. The molecule has 1 aromatic rings. The van der Waals surface area contributed by atoms with Crippen LogP contribution in [0.15, 0.2) is 24.3 Å². The Balaban J connectivity index is 1.61. The predicted octanol–water partition coefficient (Wildman–Crippen LogP) is 2.20. The molecule has 1 fully saturated rings. The fourth-order valence-corrected chi connectivity index (χ4v) is 3.19. The van der Waals surface area contributed by atoms with Crippen LogP contribution >= 0.6 is 0 Å². The Bertz CT molecular complexity index is 574. The van der Waals surface area contributed by atoms with Gasteiger partial charge in [-0.15, -0.1) is 0 Å². The highest BCUT2D eigenvalue weighted by atomic mass is 16.5. The second kappa shape index (κ2) is 10.8. The van der Waals surface area contributed by atoms with Crippen molar-refractivity contribution in [3.05, 3.63) is 29.8 Å². The zero-order valence-electron chi connectivity index (χ0n) is 15.9. The molecule has 1 aliphatic rings. The quantitative estimate of drug-likeness (QED) is 0.662. The zero-order chi connectivity index (χ0) is 18.8. The molecule has 0 saturated carbocycles. The summed E-state index contributed by atoms with van der Waals surface area (Å²) < 4.78 is 5.34. The summed E-state index contributed by atoms with van der Waals surface area (Å²) in [6.07, 6.45) is 4.80. The Morgan fingerprint density at radius 3 is 2.65 bits per heavy atom. The molecule has 0 aliphatic carbocycles. The largest absolute Gasteiger partial charge is 0.494 e.